The summed E-state index contributed by atoms with van der Waals surface area (Å²) in [5.74, 6) is -1.47. The van der Waals surface area contributed by atoms with Crippen molar-refractivity contribution in [3.63, 3.8) is 0 Å². The van der Waals surface area contributed by atoms with E-state index in [1.807, 2.05) is 6.07 Å². The highest BCUT2D eigenvalue weighted by atomic mass is 19.1. The number of benzene rings is 2. The monoisotopic (exact) mass is 344 g/mol. The first-order chi connectivity index (χ1) is 11.9. The lowest BCUT2D eigenvalue weighted by Gasteiger charge is -2.23. The Kier molecular flexibility index (Phi) is 6.25. The van der Waals surface area contributed by atoms with Crippen LogP contribution in [0, 0.1) is 5.82 Å². The quantitative estimate of drug-likeness (QED) is 0.672. The van der Waals surface area contributed by atoms with E-state index in [1.54, 1.807) is 37.3 Å². The normalized spacial score (nSPS) is 12.9. The molecule has 0 aliphatic carbocycles. The molecule has 5 nitrogen and oxygen atoms in total. The van der Waals surface area contributed by atoms with Crippen LogP contribution in [0.5, 0.6) is 0 Å². The van der Waals surface area contributed by atoms with E-state index >= 15 is 0 Å². The third-order valence-corrected chi connectivity index (χ3v) is 3.75. The van der Waals surface area contributed by atoms with Gasteiger partial charge in [-0.1, -0.05) is 42.5 Å². The van der Waals surface area contributed by atoms with E-state index in [0.717, 1.165) is 0 Å². The Morgan fingerprint density at radius 3 is 2.28 bits per heavy atom. The highest BCUT2D eigenvalue weighted by Crippen LogP contribution is 2.23. The SMILES string of the molecule is CC(O)(CC(=O)NCCNC(=O)c1ccccc1F)c1ccccc1. The molecule has 25 heavy (non-hydrogen) atoms. The van der Waals surface area contributed by atoms with Crippen molar-refractivity contribution in [2.75, 3.05) is 13.1 Å². The van der Waals surface area contributed by atoms with E-state index < -0.39 is 17.3 Å². The first-order valence-corrected chi connectivity index (χ1v) is 7.97. The third-order valence-electron chi connectivity index (χ3n) is 3.75. The van der Waals surface area contributed by atoms with Gasteiger partial charge < -0.3 is 15.7 Å². The summed E-state index contributed by atoms with van der Waals surface area (Å²) in [7, 11) is 0. The van der Waals surface area contributed by atoms with Crippen LogP contribution in [-0.2, 0) is 10.4 Å². The number of carbonyl (C=O) groups excluding carboxylic acids is 2. The average molecular weight is 344 g/mol. The van der Waals surface area contributed by atoms with Gasteiger partial charge in [0.1, 0.15) is 5.82 Å². The van der Waals surface area contributed by atoms with Gasteiger partial charge in [0.05, 0.1) is 17.6 Å². The molecule has 0 aliphatic rings. The molecule has 0 radical (unpaired) electrons. The van der Waals surface area contributed by atoms with Crippen molar-refractivity contribution >= 4 is 11.8 Å². The summed E-state index contributed by atoms with van der Waals surface area (Å²) in [6, 6.07) is 14.6. The van der Waals surface area contributed by atoms with Crippen molar-refractivity contribution in [1.82, 2.24) is 10.6 Å². The minimum Gasteiger partial charge on any atom is -0.385 e. The summed E-state index contributed by atoms with van der Waals surface area (Å²) in [5, 5.41) is 15.6. The number of halogens is 1. The minimum absolute atomic E-state index is 0.0409. The Hall–Kier alpha value is -2.73. The van der Waals surface area contributed by atoms with E-state index in [-0.39, 0.29) is 31.0 Å². The molecule has 0 saturated heterocycles. The first kappa shape index (κ1) is 18.6. The van der Waals surface area contributed by atoms with Crippen LogP contribution in [0.25, 0.3) is 0 Å². The molecule has 6 heteroatoms. The lowest BCUT2D eigenvalue weighted by Crippen LogP contribution is -2.37. The molecule has 0 aliphatic heterocycles. The minimum atomic E-state index is -1.28. The highest BCUT2D eigenvalue weighted by molar-refractivity contribution is 5.94. The average Bonchev–Trinajstić information content (AvgIpc) is 2.59. The number of carbonyl (C=O) groups is 2. The summed E-state index contributed by atoms with van der Waals surface area (Å²) >= 11 is 0. The number of hydrogen-bond acceptors (Lipinski definition) is 3. The lowest BCUT2D eigenvalue weighted by atomic mass is 9.92. The first-order valence-electron chi connectivity index (χ1n) is 7.97. The smallest absolute Gasteiger partial charge is 0.254 e. The van der Waals surface area contributed by atoms with Crippen LogP contribution in [-0.4, -0.2) is 30.0 Å². The second-order valence-corrected chi connectivity index (χ2v) is 5.90. The van der Waals surface area contributed by atoms with Gasteiger partial charge in [0.15, 0.2) is 0 Å². The summed E-state index contributed by atoms with van der Waals surface area (Å²) in [5.41, 5.74) is -0.666. The second-order valence-electron chi connectivity index (χ2n) is 5.90. The Morgan fingerprint density at radius 2 is 1.60 bits per heavy atom. The summed E-state index contributed by atoms with van der Waals surface area (Å²) < 4.78 is 13.5. The molecule has 0 aromatic heterocycles. The Morgan fingerprint density at radius 1 is 1.00 bits per heavy atom. The fraction of sp³-hybridized carbons (Fsp3) is 0.263. The van der Waals surface area contributed by atoms with Crippen LogP contribution >= 0.6 is 0 Å². The Balaban J connectivity index is 1.76. The molecule has 0 spiro atoms. The molecular formula is C19H21FN2O3. The van der Waals surface area contributed by atoms with Crippen LogP contribution in [0.1, 0.15) is 29.3 Å². The lowest BCUT2D eigenvalue weighted by molar-refractivity contribution is -0.125. The number of aliphatic hydroxyl groups is 1. The molecule has 0 heterocycles. The molecule has 0 bridgehead atoms. The molecule has 2 aromatic rings. The molecule has 132 valence electrons. The molecule has 3 N–H and O–H groups in total. The highest BCUT2D eigenvalue weighted by Gasteiger charge is 2.26. The molecule has 2 aromatic carbocycles. The predicted molar refractivity (Wildman–Crippen MR) is 92.4 cm³/mol. The van der Waals surface area contributed by atoms with Crippen LogP contribution in [0.2, 0.25) is 0 Å². The van der Waals surface area contributed by atoms with Gasteiger partial charge in [-0.3, -0.25) is 9.59 Å². The van der Waals surface area contributed by atoms with Crippen LogP contribution < -0.4 is 10.6 Å². The van der Waals surface area contributed by atoms with E-state index in [4.69, 9.17) is 0 Å². The molecule has 1 unspecified atom stereocenters. The van der Waals surface area contributed by atoms with Crippen molar-refractivity contribution in [3.05, 3.63) is 71.5 Å². The summed E-state index contributed by atoms with van der Waals surface area (Å²) in [4.78, 5) is 23.8. The number of hydrogen-bond donors (Lipinski definition) is 3. The van der Waals surface area contributed by atoms with Gasteiger partial charge >= 0.3 is 0 Å². The number of amides is 2. The standard InChI is InChI=1S/C19H21FN2O3/c1-19(25,14-7-3-2-4-8-14)13-17(23)21-11-12-22-18(24)15-9-5-6-10-16(15)20/h2-10,25H,11-13H2,1H3,(H,21,23)(H,22,24). The van der Waals surface area contributed by atoms with Crippen LogP contribution in [0.3, 0.4) is 0 Å². The van der Waals surface area contributed by atoms with Crippen molar-refractivity contribution in [3.8, 4) is 0 Å². The Bertz CT molecular complexity index is 732. The van der Waals surface area contributed by atoms with Gasteiger partial charge in [0.2, 0.25) is 5.91 Å². The topological polar surface area (TPSA) is 78.4 Å². The zero-order valence-corrected chi connectivity index (χ0v) is 14.0. The van der Waals surface area contributed by atoms with Gasteiger partial charge in [-0.05, 0) is 24.6 Å². The summed E-state index contributed by atoms with van der Waals surface area (Å²) in [6.07, 6.45) is -0.0989. The maximum absolute atomic E-state index is 13.5. The third kappa shape index (κ3) is 5.39. The fourth-order valence-corrected chi connectivity index (χ4v) is 2.39. The largest absolute Gasteiger partial charge is 0.385 e. The van der Waals surface area contributed by atoms with E-state index in [1.165, 1.54) is 18.2 Å². The Labute approximate surface area is 145 Å². The number of rotatable bonds is 7. The predicted octanol–water partition coefficient (Wildman–Crippen LogP) is 1.97. The van der Waals surface area contributed by atoms with Crippen molar-refractivity contribution in [2.24, 2.45) is 0 Å². The van der Waals surface area contributed by atoms with Crippen LogP contribution in [0.15, 0.2) is 54.6 Å². The fourth-order valence-electron chi connectivity index (χ4n) is 2.39. The van der Waals surface area contributed by atoms with Gasteiger partial charge in [-0.25, -0.2) is 4.39 Å². The number of nitrogens with one attached hydrogen (secondary N) is 2. The molecular weight excluding hydrogens is 323 g/mol. The van der Waals surface area contributed by atoms with Crippen LogP contribution in [0.4, 0.5) is 4.39 Å². The van der Waals surface area contributed by atoms with Gasteiger partial charge in [-0.2, -0.15) is 0 Å². The van der Waals surface area contributed by atoms with Crippen molar-refractivity contribution in [1.29, 1.82) is 0 Å². The van der Waals surface area contributed by atoms with Gasteiger partial charge in [0.25, 0.3) is 5.91 Å². The van der Waals surface area contributed by atoms with E-state index in [0.29, 0.717) is 5.56 Å². The maximum atomic E-state index is 13.5. The van der Waals surface area contributed by atoms with E-state index in [2.05, 4.69) is 10.6 Å². The second kappa shape index (κ2) is 8.39. The zero-order valence-electron chi connectivity index (χ0n) is 14.0. The molecule has 0 saturated carbocycles. The molecule has 0 fully saturated rings. The molecule has 2 rings (SSSR count). The maximum Gasteiger partial charge on any atom is 0.254 e. The van der Waals surface area contributed by atoms with Crippen molar-refractivity contribution in [2.45, 2.75) is 18.9 Å². The van der Waals surface area contributed by atoms with E-state index in [9.17, 15) is 19.1 Å². The molecule has 2 amide bonds. The van der Waals surface area contributed by atoms with Gasteiger partial charge in [-0.15, -0.1) is 0 Å². The summed E-state index contributed by atoms with van der Waals surface area (Å²) in [6.45, 7) is 1.91. The van der Waals surface area contributed by atoms with Gasteiger partial charge in [0, 0.05) is 13.1 Å². The zero-order chi connectivity index (χ0) is 18.3. The van der Waals surface area contributed by atoms with Crippen molar-refractivity contribution < 1.29 is 19.1 Å². The molecule has 1 atom stereocenters.